The second-order valence-electron chi connectivity index (χ2n) is 4.64. The van der Waals surface area contributed by atoms with Crippen LogP contribution >= 0.6 is 0 Å². The number of nitro benzene ring substituents is 1. The standard InChI is InChI=1S/C16H15NO5/c1-12-5-2-3-8-15(12)21-11-16(18)22-10-13-6-4-7-14(9-13)17(19)20/h2-9H,10-11H2,1H3. The third-order valence-corrected chi connectivity index (χ3v) is 2.96. The zero-order valence-corrected chi connectivity index (χ0v) is 12.0. The van der Waals surface area contributed by atoms with E-state index in [2.05, 4.69) is 0 Å². The summed E-state index contributed by atoms with van der Waals surface area (Å²) in [6.07, 6.45) is 0. The minimum Gasteiger partial charge on any atom is -0.482 e. The van der Waals surface area contributed by atoms with E-state index >= 15 is 0 Å². The van der Waals surface area contributed by atoms with E-state index in [0.717, 1.165) is 5.56 Å². The number of benzene rings is 2. The third kappa shape index (κ3) is 4.31. The van der Waals surface area contributed by atoms with Crippen molar-refractivity contribution in [3.05, 3.63) is 69.8 Å². The van der Waals surface area contributed by atoms with E-state index in [4.69, 9.17) is 9.47 Å². The number of para-hydroxylation sites is 1. The van der Waals surface area contributed by atoms with Gasteiger partial charge in [-0.05, 0) is 24.1 Å². The van der Waals surface area contributed by atoms with Crippen LogP contribution in [0.1, 0.15) is 11.1 Å². The molecule has 0 saturated carbocycles. The maximum absolute atomic E-state index is 11.6. The lowest BCUT2D eigenvalue weighted by atomic mass is 10.2. The highest BCUT2D eigenvalue weighted by Crippen LogP contribution is 2.16. The van der Waals surface area contributed by atoms with Gasteiger partial charge in [0.1, 0.15) is 12.4 Å². The molecule has 2 aromatic rings. The molecule has 2 aromatic carbocycles. The molecule has 22 heavy (non-hydrogen) atoms. The Hall–Kier alpha value is -2.89. The van der Waals surface area contributed by atoms with Crippen molar-refractivity contribution in [1.82, 2.24) is 0 Å². The van der Waals surface area contributed by atoms with Crippen molar-refractivity contribution in [3.63, 3.8) is 0 Å². The fourth-order valence-corrected chi connectivity index (χ4v) is 1.82. The number of aryl methyl sites for hydroxylation is 1. The molecule has 0 saturated heterocycles. The molecule has 0 aliphatic rings. The molecule has 0 heterocycles. The van der Waals surface area contributed by atoms with E-state index in [9.17, 15) is 14.9 Å². The lowest BCUT2D eigenvalue weighted by Gasteiger charge is -2.09. The summed E-state index contributed by atoms with van der Waals surface area (Å²) >= 11 is 0. The zero-order chi connectivity index (χ0) is 15.9. The summed E-state index contributed by atoms with van der Waals surface area (Å²) in [5, 5.41) is 10.7. The van der Waals surface area contributed by atoms with Gasteiger partial charge in [-0.15, -0.1) is 0 Å². The number of ether oxygens (including phenoxy) is 2. The molecular formula is C16H15NO5. The zero-order valence-electron chi connectivity index (χ0n) is 12.0. The number of nitrogens with zero attached hydrogens (tertiary/aromatic N) is 1. The van der Waals surface area contributed by atoms with Crippen molar-refractivity contribution in [2.75, 3.05) is 6.61 Å². The minimum atomic E-state index is -0.533. The average molecular weight is 301 g/mol. The Kier molecular flexibility index (Phi) is 5.08. The fraction of sp³-hybridized carbons (Fsp3) is 0.188. The Labute approximate surface area is 127 Å². The molecule has 2 rings (SSSR count). The van der Waals surface area contributed by atoms with Gasteiger partial charge in [0.2, 0.25) is 0 Å². The van der Waals surface area contributed by atoms with Gasteiger partial charge in [-0.3, -0.25) is 10.1 Å². The quantitative estimate of drug-likeness (QED) is 0.465. The number of rotatable bonds is 6. The van der Waals surface area contributed by atoms with Gasteiger partial charge in [-0.25, -0.2) is 4.79 Å². The Balaban J connectivity index is 1.84. The molecule has 0 spiro atoms. The molecule has 0 atom stereocenters. The van der Waals surface area contributed by atoms with E-state index < -0.39 is 10.9 Å². The van der Waals surface area contributed by atoms with Gasteiger partial charge < -0.3 is 9.47 Å². The number of hydrogen-bond donors (Lipinski definition) is 0. The molecule has 0 aliphatic carbocycles. The molecule has 0 radical (unpaired) electrons. The second-order valence-corrected chi connectivity index (χ2v) is 4.64. The number of hydrogen-bond acceptors (Lipinski definition) is 5. The second kappa shape index (κ2) is 7.21. The van der Waals surface area contributed by atoms with Crippen molar-refractivity contribution in [2.45, 2.75) is 13.5 Å². The van der Waals surface area contributed by atoms with E-state index in [1.807, 2.05) is 25.1 Å². The summed E-state index contributed by atoms with van der Waals surface area (Å²) in [4.78, 5) is 21.8. The van der Waals surface area contributed by atoms with Crippen molar-refractivity contribution in [2.24, 2.45) is 0 Å². The predicted octanol–water partition coefficient (Wildman–Crippen LogP) is 3.03. The van der Waals surface area contributed by atoms with E-state index in [1.54, 1.807) is 18.2 Å². The monoisotopic (exact) mass is 301 g/mol. The van der Waals surface area contributed by atoms with Crippen molar-refractivity contribution < 1.29 is 19.2 Å². The number of esters is 1. The first-order chi connectivity index (χ1) is 10.6. The van der Waals surface area contributed by atoms with Crippen LogP contribution in [0.4, 0.5) is 5.69 Å². The van der Waals surface area contributed by atoms with Crippen LogP contribution < -0.4 is 4.74 Å². The molecule has 0 fully saturated rings. The van der Waals surface area contributed by atoms with Gasteiger partial charge in [0.15, 0.2) is 6.61 Å². The molecule has 114 valence electrons. The highest BCUT2D eigenvalue weighted by Gasteiger charge is 2.09. The van der Waals surface area contributed by atoms with E-state index in [1.165, 1.54) is 12.1 Å². The van der Waals surface area contributed by atoms with Gasteiger partial charge in [0, 0.05) is 12.1 Å². The first-order valence-corrected chi connectivity index (χ1v) is 6.63. The summed E-state index contributed by atoms with van der Waals surface area (Å²) in [6, 6.07) is 13.3. The van der Waals surface area contributed by atoms with Crippen LogP contribution in [0.25, 0.3) is 0 Å². The Morgan fingerprint density at radius 1 is 1.18 bits per heavy atom. The highest BCUT2D eigenvalue weighted by atomic mass is 16.6. The SMILES string of the molecule is Cc1ccccc1OCC(=O)OCc1cccc([N+](=O)[O-])c1. The van der Waals surface area contributed by atoms with Crippen LogP contribution in [0.2, 0.25) is 0 Å². The molecule has 0 bridgehead atoms. The van der Waals surface area contributed by atoms with Crippen LogP contribution in [0.3, 0.4) is 0 Å². The molecule has 0 N–H and O–H groups in total. The highest BCUT2D eigenvalue weighted by molar-refractivity contribution is 5.71. The Bertz CT molecular complexity index is 684. The Morgan fingerprint density at radius 2 is 1.95 bits per heavy atom. The fourth-order valence-electron chi connectivity index (χ4n) is 1.82. The van der Waals surface area contributed by atoms with Crippen molar-refractivity contribution >= 4 is 11.7 Å². The largest absolute Gasteiger partial charge is 0.482 e. The molecule has 0 unspecified atom stereocenters. The first kappa shape index (κ1) is 15.5. The van der Waals surface area contributed by atoms with Gasteiger partial charge in [-0.1, -0.05) is 30.3 Å². The average Bonchev–Trinajstić information content (AvgIpc) is 2.52. The molecule has 0 aromatic heterocycles. The van der Waals surface area contributed by atoms with Crippen molar-refractivity contribution in [3.8, 4) is 5.75 Å². The minimum absolute atomic E-state index is 0.0301. The molecule has 0 amide bonds. The van der Waals surface area contributed by atoms with Crippen LogP contribution in [0, 0.1) is 17.0 Å². The maximum atomic E-state index is 11.6. The summed E-state index contributed by atoms with van der Waals surface area (Å²) in [6.45, 7) is 1.64. The summed E-state index contributed by atoms with van der Waals surface area (Å²) in [5.74, 6) is 0.0876. The van der Waals surface area contributed by atoms with Gasteiger partial charge in [0.25, 0.3) is 5.69 Å². The third-order valence-electron chi connectivity index (χ3n) is 2.96. The van der Waals surface area contributed by atoms with Crippen LogP contribution in [-0.2, 0) is 16.1 Å². The smallest absolute Gasteiger partial charge is 0.344 e. The normalized spacial score (nSPS) is 10.0. The van der Waals surface area contributed by atoms with E-state index in [-0.39, 0.29) is 18.9 Å². The molecule has 6 nitrogen and oxygen atoms in total. The van der Waals surface area contributed by atoms with Crippen LogP contribution in [0.5, 0.6) is 5.75 Å². The first-order valence-electron chi connectivity index (χ1n) is 6.63. The summed E-state index contributed by atoms with van der Waals surface area (Å²) < 4.78 is 10.4. The number of carbonyl (C=O) groups is 1. The van der Waals surface area contributed by atoms with Crippen molar-refractivity contribution in [1.29, 1.82) is 0 Å². The molecule has 0 aliphatic heterocycles. The summed E-state index contributed by atoms with van der Waals surface area (Å²) in [7, 11) is 0. The van der Waals surface area contributed by atoms with Gasteiger partial charge in [0.05, 0.1) is 4.92 Å². The Morgan fingerprint density at radius 3 is 2.68 bits per heavy atom. The van der Waals surface area contributed by atoms with E-state index in [0.29, 0.717) is 11.3 Å². The molecule has 6 heteroatoms. The van der Waals surface area contributed by atoms with Gasteiger partial charge >= 0.3 is 5.97 Å². The maximum Gasteiger partial charge on any atom is 0.344 e. The number of non-ortho nitro benzene ring substituents is 1. The topological polar surface area (TPSA) is 78.7 Å². The summed E-state index contributed by atoms with van der Waals surface area (Å²) in [5.41, 5.74) is 1.44. The number of carbonyl (C=O) groups excluding carboxylic acids is 1. The van der Waals surface area contributed by atoms with Crippen LogP contribution in [0.15, 0.2) is 48.5 Å². The van der Waals surface area contributed by atoms with Crippen LogP contribution in [-0.4, -0.2) is 17.5 Å². The molecular weight excluding hydrogens is 286 g/mol. The lowest BCUT2D eigenvalue weighted by Crippen LogP contribution is -2.15. The number of nitro groups is 1. The lowest BCUT2D eigenvalue weighted by molar-refractivity contribution is -0.384. The van der Waals surface area contributed by atoms with Gasteiger partial charge in [-0.2, -0.15) is 0 Å². The predicted molar refractivity (Wildman–Crippen MR) is 79.6 cm³/mol.